The minimum Gasteiger partial charge on any atom is -0.478 e. The zero-order valence-corrected chi connectivity index (χ0v) is 9.53. The van der Waals surface area contributed by atoms with Gasteiger partial charge < -0.3 is 20.6 Å². The molecule has 0 saturated carbocycles. The lowest BCUT2D eigenvalue weighted by Crippen LogP contribution is -2.42. The van der Waals surface area contributed by atoms with Crippen molar-refractivity contribution in [3.8, 4) is 0 Å². The Labute approximate surface area is 101 Å². The lowest BCUT2D eigenvalue weighted by molar-refractivity contribution is 0.0698. The minimum atomic E-state index is -1.14. The van der Waals surface area contributed by atoms with Crippen LogP contribution in [0.1, 0.15) is 10.4 Å². The summed E-state index contributed by atoms with van der Waals surface area (Å²) in [5, 5.41) is 32.7. The first-order valence-corrected chi connectivity index (χ1v) is 5.56. The van der Waals surface area contributed by atoms with E-state index >= 15 is 0 Å². The van der Waals surface area contributed by atoms with Crippen LogP contribution in [0.3, 0.4) is 0 Å². The number of carbonyl (C=O) groups excluding carboxylic acids is 1. The van der Waals surface area contributed by atoms with E-state index in [0.717, 1.165) is 11.3 Å². The molecule has 0 aliphatic heterocycles. The number of amides is 2. The Hall–Kier alpha value is -1.64. The summed E-state index contributed by atoms with van der Waals surface area (Å²) >= 11 is 1.07. The molecule has 0 fully saturated rings. The van der Waals surface area contributed by atoms with E-state index in [1.807, 2.05) is 0 Å². The number of aromatic carboxylic acids is 1. The summed E-state index contributed by atoms with van der Waals surface area (Å²) in [6.07, 6.45) is 0. The Morgan fingerprint density at radius 2 is 2.00 bits per heavy atom. The van der Waals surface area contributed by atoms with Crippen molar-refractivity contribution in [2.45, 2.75) is 6.04 Å². The summed E-state index contributed by atoms with van der Waals surface area (Å²) in [7, 11) is 0. The molecule has 1 aromatic rings. The van der Waals surface area contributed by atoms with Gasteiger partial charge in [-0.05, 0) is 11.4 Å². The number of nitrogens with one attached hydrogen (secondary N) is 2. The highest BCUT2D eigenvalue weighted by molar-refractivity contribution is 7.14. The van der Waals surface area contributed by atoms with Crippen molar-refractivity contribution in [3.05, 3.63) is 17.0 Å². The Bertz CT molecular complexity index is 402. The molecule has 2 amide bonds. The maximum Gasteiger partial charge on any atom is 0.338 e. The molecule has 5 N–H and O–H groups in total. The zero-order chi connectivity index (χ0) is 12.8. The third-order valence-electron chi connectivity index (χ3n) is 1.90. The molecule has 17 heavy (non-hydrogen) atoms. The first-order valence-electron chi connectivity index (χ1n) is 4.68. The van der Waals surface area contributed by atoms with Gasteiger partial charge >= 0.3 is 12.0 Å². The van der Waals surface area contributed by atoms with Crippen molar-refractivity contribution in [2.24, 2.45) is 0 Å². The van der Waals surface area contributed by atoms with Crippen molar-refractivity contribution in [3.63, 3.8) is 0 Å². The molecule has 8 heteroatoms. The molecule has 0 aromatic carbocycles. The second kappa shape index (κ2) is 6.18. The third kappa shape index (κ3) is 3.70. The molecular weight excluding hydrogens is 248 g/mol. The molecule has 1 heterocycles. The summed E-state index contributed by atoms with van der Waals surface area (Å²) in [6, 6.07) is -0.0793. The second-order valence-corrected chi connectivity index (χ2v) is 4.05. The predicted octanol–water partition coefficient (Wildman–Crippen LogP) is -0.0790. The maximum atomic E-state index is 11.4. The van der Waals surface area contributed by atoms with Gasteiger partial charge in [-0.15, -0.1) is 11.3 Å². The van der Waals surface area contributed by atoms with Crippen LogP contribution < -0.4 is 10.6 Å². The van der Waals surface area contributed by atoms with Gasteiger partial charge in [0, 0.05) is 0 Å². The summed E-state index contributed by atoms with van der Waals surface area (Å²) in [4.78, 5) is 22.1. The number of aliphatic hydroxyl groups excluding tert-OH is 2. The van der Waals surface area contributed by atoms with Gasteiger partial charge in [0.2, 0.25) is 0 Å². The summed E-state index contributed by atoms with van der Waals surface area (Å²) in [6.45, 7) is -0.805. The number of hydrogen-bond donors (Lipinski definition) is 5. The van der Waals surface area contributed by atoms with Crippen molar-refractivity contribution in [2.75, 3.05) is 18.5 Å². The summed E-state index contributed by atoms with van der Waals surface area (Å²) in [5.41, 5.74) is -0.00491. The lowest BCUT2D eigenvalue weighted by Gasteiger charge is -2.13. The third-order valence-corrected chi connectivity index (χ3v) is 2.73. The fourth-order valence-electron chi connectivity index (χ4n) is 1.05. The quantitative estimate of drug-likeness (QED) is 0.507. The molecule has 7 nitrogen and oxygen atoms in total. The van der Waals surface area contributed by atoms with E-state index in [2.05, 4.69) is 10.6 Å². The van der Waals surface area contributed by atoms with Gasteiger partial charge in [-0.2, -0.15) is 0 Å². The van der Waals surface area contributed by atoms with Gasteiger partial charge in [0.1, 0.15) is 5.00 Å². The maximum absolute atomic E-state index is 11.4. The number of aliphatic hydroxyl groups is 2. The van der Waals surface area contributed by atoms with Crippen LogP contribution in [0.4, 0.5) is 9.80 Å². The number of carbonyl (C=O) groups is 2. The zero-order valence-electron chi connectivity index (χ0n) is 8.71. The molecule has 1 rings (SSSR count). The van der Waals surface area contributed by atoms with Gasteiger partial charge in [-0.25, -0.2) is 9.59 Å². The van der Waals surface area contributed by atoms with Crippen LogP contribution in [0, 0.1) is 0 Å². The highest BCUT2D eigenvalue weighted by Gasteiger charge is 2.15. The lowest BCUT2D eigenvalue weighted by atomic mass is 10.3. The normalized spacial score (nSPS) is 10.3. The van der Waals surface area contributed by atoms with Crippen LogP contribution in [0.2, 0.25) is 0 Å². The molecule has 0 atom stereocenters. The largest absolute Gasteiger partial charge is 0.478 e. The van der Waals surface area contributed by atoms with Crippen LogP contribution in [0.5, 0.6) is 0 Å². The predicted molar refractivity (Wildman–Crippen MR) is 61.4 cm³/mol. The Morgan fingerprint density at radius 3 is 2.53 bits per heavy atom. The average molecular weight is 260 g/mol. The van der Waals surface area contributed by atoms with Crippen LogP contribution in [0.25, 0.3) is 0 Å². The van der Waals surface area contributed by atoms with E-state index in [0.29, 0.717) is 0 Å². The van der Waals surface area contributed by atoms with Crippen LogP contribution in [-0.2, 0) is 0 Å². The second-order valence-electron chi connectivity index (χ2n) is 3.13. The molecular formula is C9H12N2O5S. The summed E-state index contributed by atoms with van der Waals surface area (Å²) in [5.74, 6) is -1.14. The van der Waals surface area contributed by atoms with Crippen molar-refractivity contribution in [1.29, 1.82) is 0 Å². The Morgan fingerprint density at radius 1 is 1.35 bits per heavy atom. The smallest absolute Gasteiger partial charge is 0.338 e. The Balaban J connectivity index is 2.62. The topological polar surface area (TPSA) is 119 Å². The van der Waals surface area contributed by atoms with E-state index in [4.69, 9.17) is 15.3 Å². The van der Waals surface area contributed by atoms with Crippen LogP contribution in [0.15, 0.2) is 11.4 Å². The monoisotopic (exact) mass is 260 g/mol. The van der Waals surface area contributed by atoms with Gasteiger partial charge in [0.25, 0.3) is 0 Å². The number of hydrogen-bond acceptors (Lipinski definition) is 5. The highest BCUT2D eigenvalue weighted by atomic mass is 32.1. The number of rotatable bonds is 5. The van der Waals surface area contributed by atoms with E-state index in [-0.39, 0.29) is 10.6 Å². The molecule has 0 saturated heterocycles. The number of urea groups is 1. The van der Waals surface area contributed by atoms with Crippen molar-refractivity contribution in [1.82, 2.24) is 5.32 Å². The van der Waals surface area contributed by atoms with E-state index < -0.39 is 31.3 Å². The number of carboxylic acids is 1. The van der Waals surface area contributed by atoms with E-state index in [1.165, 1.54) is 11.4 Å². The molecule has 1 aromatic heterocycles. The fourth-order valence-corrected chi connectivity index (χ4v) is 1.82. The standard InChI is InChI=1S/C9H12N2O5S/c12-3-5(4-13)10-9(16)11-7-6(8(14)15)1-2-17-7/h1-2,5,12-13H,3-4H2,(H,14,15)(H2,10,11,16). The Kier molecular flexibility index (Phi) is 4.88. The average Bonchev–Trinajstić information content (AvgIpc) is 2.74. The SMILES string of the molecule is O=C(Nc1sccc1C(=O)O)NC(CO)CO. The van der Waals surface area contributed by atoms with Crippen LogP contribution in [-0.4, -0.2) is 46.6 Å². The molecule has 0 spiro atoms. The molecule has 0 aliphatic rings. The first-order chi connectivity index (χ1) is 8.08. The summed E-state index contributed by atoms with van der Waals surface area (Å²) < 4.78 is 0. The molecule has 0 aliphatic carbocycles. The first kappa shape index (κ1) is 13.4. The van der Waals surface area contributed by atoms with Crippen molar-refractivity contribution >= 4 is 28.3 Å². The van der Waals surface area contributed by atoms with E-state index in [1.54, 1.807) is 0 Å². The van der Waals surface area contributed by atoms with Gasteiger partial charge in [-0.1, -0.05) is 0 Å². The molecule has 0 bridgehead atoms. The van der Waals surface area contributed by atoms with Gasteiger partial charge in [0.15, 0.2) is 0 Å². The van der Waals surface area contributed by atoms with E-state index in [9.17, 15) is 9.59 Å². The molecule has 0 unspecified atom stereocenters. The van der Waals surface area contributed by atoms with Gasteiger partial charge in [-0.3, -0.25) is 5.32 Å². The fraction of sp³-hybridized carbons (Fsp3) is 0.333. The number of carboxylic acid groups (broad SMARTS) is 1. The van der Waals surface area contributed by atoms with Crippen LogP contribution >= 0.6 is 11.3 Å². The number of anilines is 1. The molecule has 94 valence electrons. The highest BCUT2D eigenvalue weighted by Crippen LogP contribution is 2.22. The van der Waals surface area contributed by atoms with Gasteiger partial charge in [0.05, 0.1) is 24.8 Å². The molecule has 0 radical (unpaired) electrons. The minimum absolute atomic E-state index is 0.00491. The number of thiophene rings is 1. The van der Waals surface area contributed by atoms with Crippen molar-refractivity contribution < 1.29 is 24.9 Å².